The normalized spacial score (nSPS) is 11.8. The van der Waals surface area contributed by atoms with Crippen molar-refractivity contribution in [1.29, 1.82) is 0 Å². The molecule has 0 aliphatic heterocycles. The maximum atomic E-state index is 12.3. The van der Waals surface area contributed by atoms with Gasteiger partial charge in [-0.25, -0.2) is 4.79 Å². The molecule has 0 heterocycles. The molecule has 0 saturated carbocycles. The molecule has 2 amide bonds. The lowest BCUT2D eigenvalue weighted by Crippen LogP contribution is -2.31. The van der Waals surface area contributed by atoms with Gasteiger partial charge in [0.05, 0.1) is 23.9 Å². The molecule has 0 atom stereocenters. The van der Waals surface area contributed by atoms with E-state index in [0.717, 1.165) is 17.4 Å². The summed E-state index contributed by atoms with van der Waals surface area (Å²) < 4.78 is 56.5. The number of amides is 2. The number of hydrogen-bond acceptors (Lipinski definition) is 7. The highest BCUT2D eigenvalue weighted by Crippen LogP contribution is 2.36. The van der Waals surface area contributed by atoms with Crippen LogP contribution in [-0.4, -0.2) is 35.4 Å². The Labute approximate surface area is 176 Å². The Kier molecular flexibility index (Phi) is 6.38. The third-order valence-electron chi connectivity index (χ3n) is 4.43. The number of nitrogens with two attached hydrogens (primary N) is 1. The third-order valence-corrected chi connectivity index (χ3v) is 5.39. The molecule has 2 aromatic rings. The van der Waals surface area contributed by atoms with Gasteiger partial charge in [-0.3, -0.25) is 4.90 Å². The first-order valence-corrected chi connectivity index (χ1v) is 12.3. The van der Waals surface area contributed by atoms with Gasteiger partial charge in [0.1, 0.15) is 11.5 Å². The van der Waals surface area contributed by atoms with Gasteiger partial charge in [-0.2, -0.15) is 16.8 Å². The van der Waals surface area contributed by atoms with E-state index in [1.54, 1.807) is 39.8 Å². The monoisotopic (exact) mass is 456 g/mol. The van der Waals surface area contributed by atoms with E-state index in [2.05, 4.69) is 0 Å². The van der Waals surface area contributed by atoms with Gasteiger partial charge in [-0.05, 0) is 62.1 Å². The lowest BCUT2D eigenvalue weighted by atomic mass is 10.1. The number of benzene rings is 2. The molecular formula is C19H24N2O7S2. The maximum absolute atomic E-state index is 12.3. The second kappa shape index (κ2) is 8.15. The molecule has 0 bridgehead atoms. The lowest BCUT2D eigenvalue weighted by molar-refractivity contribution is 0.256. The van der Waals surface area contributed by atoms with Crippen LogP contribution in [0.25, 0.3) is 0 Å². The van der Waals surface area contributed by atoms with Crippen molar-refractivity contribution >= 4 is 37.6 Å². The predicted octanol–water partition coefficient (Wildman–Crippen LogP) is 2.81. The van der Waals surface area contributed by atoms with E-state index in [4.69, 9.17) is 14.1 Å². The fourth-order valence-electron chi connectivity index (χ4n) is 2.78. The highest BCUT2D eigenvalue weighted by atomic mass is 32.2. The van der Waals surface area contributed by atoms with Gasteiger partial charge in [0.2, 0.25) is 0 Å². The van der Waals surface area contributed by atoms with Crippen LogP contribution in [0.15, 0.2) is 24.3 Å². The molecule has 164 valence electrons. The fourth-order valence-corrected chi connectivity index (χ4v) is 3.78. The zero-order chi connectivity index (χ0) is 23.0. The van der Waals surface area contributed by atoms with E-state index in [9.17, 15) is 21.6 Å². The van der Waals surface area contributed by atoms with Crippen molar-refractivity contribution < 1.29 is 30.0 Å². The zero-order valence-electron chi connectivity index (χ0n) is 17.5. The molecule has 0 saturated heterocycles. The summed E-state index contributed by atoms with van der Waals surface area (Å²) in [6.45, 7) is 6.82. The maximum Gasteiger partial charge on any atom is 0.323 e. The van der Waals surface area contributed by atoms with Crippen LogP contribution in [0, 0.1) is 27.7 Å². The minimum Gasteiger partial charge on any atom is -0.382 e. The standard InChI is InChI=1S/C19H24N2O7S2/c1-11-7-15(9-17(13(11)3)27-29(5,23)24)21(19(20)22)16-8-12(2)14(4)18(10-16)28-30(6,25)26/h7-10H,1-6H3,(H2,20,22). The largest absolute Gasteiger partial charge is 0.382 e. The quantitative estimate of drug-likeness (QED) is 0.661. The van der Waals surface area contributed by atoms with E-state index in [-0.39, 0.29) is 22.9 Å². The van der Waals surface area contributed by atoms with Gasteiger partial charge in [-0.15, -0.1) is 0 Å². The average molecular weight is 457 g/mol. The number of carbonyl (C=O) groups is 1. The number of rotatable bonds is 6. The highest BCUT2D eigenvalue weighted by Gasteiger charge is 2.22. The Hall–Kier alpha value is -2.79. The van der Waals surface area contributed by atoms with Gasteiger partial charge < -0.3 is 14.1 Å². The molecule has 0 aliphatic rings. The highest BCUT2D eigenvalue weighted by molar-refractivity contribution is 7.86. The number of anilines is 2. The first-order chi connectivity index (χ1) is 13.6. The molecule has 11 heteroatoms. The van der Waals surface area contributed by atoms with Gasteiger partial charge >= 0.3 is 26.3 Å². The van der Waals surface area contributed by atoms with Crippen molar-refractivity contribution in [3.63, 3.8) is 0 Å². The molecule has 2 N–H and O–H groups in total. The molecule has 2 rings (SSSR count). The number of primary amides is 1. The Morgan fingerprint density at radius 2 is 1.10 bits per heavy atom. The predicted molar refractivity (Wildman–Crippen MR) is 114 cm³/mol. The SMILES string of the molecule is Cc1cc(N(C(N)=O)c2cc(C)c(C)c(OS(C)(=O)=O)c2)cc(OS(C)(=O)=O)c1C. The molecule has 2 aromatic carbocycles. The number of nitrogens with zero attached hydrogens (tertiary/aromatic N) is 1. The van der Waals surface area contributed by atoms with Crippen molar-refractivity contribution in [2.45, 2.75) is 27.7 Å². The second-order valence-corrected chi connectivity index (χ2v) is 10.2. The van der Waals surface area contributed by atoms with Gasteiger partial charge in [0.15, 0.2) is 0 Å². The first kappa shape index (κ1) is 23.5. The van der Waals surface area contributed by atoms with E-state index in [0.29, 0.717) is 22.3 Å². The van der Waals surface area contributed by atoms with Crippen molar-refractivity contribution in [3.8, 4) is 11.5 Å². The minimum absolute atomic E-state index is 0.0511. The van der Waals surface area contributed by atoms with E-state index in [1.807, 2.05) is 0 Å². The average Bonchev–Trinajstić information content (AvgIpc) is 2.54. The number of urea groups is 1. The summed E-state index contributed by atoms with van der Waals surface area (Å²) in [4.78, 5) is 13.4. The number of carbonyl (C=O) groups excluding carboxylic acids is 1. The van der Waals surface area contributed by atoms with E-state index >= 15 is 0 Å². The summed E-state index contributed by atoms with van der Waals surface area (Å²) in [5, 5.41) is 0. The van der Waals surface area contributed by atoms with Gasteiger partial charge in [-0.1, -0.05) is 0 Å². The minimum atomic E-state index is -3.80. The van der Waals surface area contributed by atoms with Gasteiger partial charge in [0.25, 0.3) is 0 Å². The number of aryl methyl sites for hydroxylation is 2. The molecule has 0 aliphatic carbocycles. The molecule has 0 radical (unpaired) electrons. The Bertz CT molecular complexity index is 1130. The molecule has 0 fully saturated rings. The molecule has 0 aromatic heterocycles. The molecule has 30 heavy (non-hydrogen) atoms. The van der Waals surface area contributed by atoms with Gasteiger partial charge in [0, 0.05) is 12.1 Å². The molecular weight excluding hydrogens is 432 g/mol. The van der Waals surface area contributed by atoms with Crippen LogP contribution in [0.3, 0.4) is 0 Å². The van der Waals surface area contributed by atoms with E-state index < -0.39 is 26.3 Å². The van der Waals surface area contributed by atoms with Crippen LogP contribution >= 0.6 is 0 Å². The van der Waals surface area contributed by atoms with Crippen molar-refractivity contribution in [2.75, 3.05) is 17.4 Å². The van der Waals surface area contributed by atoms with E-state index in [1.165, 1.54) is 12.1 Å². The van der Waals surface area contributed by atoms with Crippen LogP contribution < -0.4 is 19.0 Å². The Morgan fingerprint density at radius 3 is 1.37 bits per heavy atom. The summed E-state index contributed by atoms with van der Waals surface area (Å²) in [5.41, 5.74) is 8.58. The van der Waals surface area contributed by atoms with Crippen LogP contribution in [-0.2, 0) is 20.2 Å². The zero-order valence-corrected chi connectivity index (χ0v) is 19.1. The first-order valence-electron chi connectivity index (χ1n) is 8.70. The van der Waals surface area contributed by atoms with Crippen LogP contribution in [0.2, 0.25) is 0 Å². The molecule has 0 unspecified atom stereocenters. The second-order valence-electron chi connectivity index (χ2n) is 7.02. The number of hydrogen-bond donors (Lipinski definition) is 1. The van der Waals surface area contributed by atoms with Crippen molar-refractivity contribution in [2.24, 2.45) is 5.73 Å². The molecule has 0 spiro atoms. The summed E-state index contributed by atoms with van der Waals surface area (Å²) in [7, 11) is -7.61. The summed E-state index contributed by atoms with van der Waals surface area (Å²) in [6.07, 6.45) is 1.83. The lowest BCUT2D eigenvalue weighted by Gasteiger charge is -2.24. The summed E-state index contributed by atoms with van der Waals surface area (Å²) >= 11 is 0. The topological polar surface area (TPSA) is 133 Å². The van der Waals surface area contributed by atoms with Crippen molar-refractivity contribution in [3.05, 3.63) is 46.5 Å². The fraction of sp³-hybridized carbons (Fsp3) is 0.316. The van der Waals surface area contributed by atoms with Crippen LogP contribution in [0.4, 0.5) is 16.2 Å². The summed E-state index contributed by atoms with van der Waals surface area (Å²) in [6, 6.07) is 5.17. The van der Waals surface area contributed by atoms with Crippen molar-refractivity contribution in [1.82, 2.24) is 0 Å². The Balaban J connectivity index is 2.71. The van der Waals surface area contributed by atoms with Crippen LogP contribution in [0.1, 0.15) is 22.3 Å². The molecule has 9 nitrogen and oxygen atoms in total. The Morgan fingerprint density at radius 1 is 0.767 bits per heavy atom. The van der Waals surface area contributed by atoms with Crippen LogP contribution in [0.5, 0.6) is 11.5 Å². The summed E-state index contributed by atoms with van der Waals surface area (Å²) in [5.74, 6) is 0.102. The third kappa shape index (κ3) is 5.63. The smallest absolute Gasteiger partial charge is 0.323 e.